The molecule has 14 rings (SSSR count). The van der Waals surface area contributed by atoms with E-state index in [0.717, 1.165) is 38.5 Å². The average Bonchev–Trinajstić information content (AvgIpc) is 3.99. The van der Waals surface area contributed by atoms with Crippen molar-refractivity contribution < 1.29 is 4.42 Å². The highest BCUT2D eigenvalue weighted by molar-refractivity contribution is 6.31. The highest BCUT2D eigenvalue weighted by atomic mass is 16.3. The monoisotopic (exact) mass is 774 g/mol. The van der Waals surface area contributed by atoms with Crippen LogP contribution in [-0.2, 0) is 0 Å². The maximum Gasteiger partial charge on any atom is 0.145 e. The van der Waals surface area contributed by atoms with Gasteiger partial charge >= 0.3 is 0 Å². The molecule has 0 unspecified atom stereocenters. The molecule has 0 atom stereocenters. The van der Waals surface area contributed by atoms with E-state index in [2.05, 4.69) is 215 Å². The van der Waals surface area contributed by atoms with Crippen molar-refractivity contribution in [2.75, 3.05) is 0 Å². The summed E-state index contributed by atoms with van der Waals surface area (Å²) in [5, 5.41) is 17.1. The van der Waals surface area contributed by atoms with Crippen LogP contribution in [0.2, 0.25) is 0 Å². The van der Waals surface area contributed by atoms with E-state index in [0.29, 0.717) is 0 Å². The Morgan fingerprint density at radius 2 is 0.885 bits per heavy atom. The van der Waals surface area contributed by atoms with Gasteiger partial charge in [0.15, 0.2) is 0 Å². The Morgan fingerprint density at radius 3 is 1.69 bits per heavy atom. The van der Waals surface area contributed by atoms with Crippen molar-refractivity contribution in [2.45, 2.75) is 0 Å². The van der Waals surface area contributed by atoms with Gasteiger partial charge in [-0.2, -0.15) is 0 Å². The zero-order chi connectivity index (χ0) is 39.8. The molecular formula is C58H34N2O. The van der Waals surface area contributed by atoms with Crippen molar-refractivity contribution >= 4 is 109 Å². The van der Waals surface area contributed by atoms with Crippen LogP contribution in [0.25, 0.3) is 131 Å². The van der Waals surface area contributed by atoms with E-state index in [1.807, 2.05) is 0 Å². The van der Waals surface area contributed by atoms with E-state index >= 15 is 0 Å². The second-order valence-corrected chi connectivity index (χ2v) is 16.4. The minimum absolute atomic E-state index is 0.901. The van der Waals surface area contributed by atoms with Crippen molar-refractivity contribution in [3.8, 4) is 22.5 Å². The Morgan fingerprint density at radius 1 is 0.311 bits per heavy atom. The van der Waals surface area contributed by atoms with Crippen LogP contribution in [0.4, 0.5) is 0 Å². The largest absolute Gasteiger partial charge is 0.455 e. The predicted molar refractivity (Wildman–Crippen MR) is 258 cm³/mol. The summed E-state index contributed by atoms with van der Waals surface area (Å²) in [6.07, 6.45) is 0. The van der Waals surface area contributed by atoms with Crippen LogP contribution in [0.5, 0.6) is 0 Å². The molecule has 0 fully saturated rings. The first-order chi connectivity index (χ1) is 30.3. The highest BCUT2D eigenvalue weighted by Crippen LogP contribution is 2.46. The summed E-state index contributed by atoms with van der Waals surface area (Å²) in [4.78, 5) is 0. The van der Waals surface area contributed by atoms with Crippen LogP contribution < -0.4 is 0 Å². The van der Waals surface area contributed by atoms with E-state index in [-0.39, 0.29) is 0 Å². The minimum Gasteiger partial charge on any atom is -0.455 e. The minimum atomic E-state index is 0.901. The highest BCUT2D eigenvalue weighted by Gasteiger charge is 2.24. The molecule has 0 aliphatic carbocycles. The molecule has 282 valence electrons. The summed E-state index contributed by atoms with van der Waals surface area (Å²) in [5.74, 6) is 0. The van der Waals surface area contributed by atoms with Gasteiger partial charge in [-0.3, -0.25) is 0 Å². The van der Waals surface area contributed by atoms with Crippen LogP contribution in [0.3, 0.4) is 0 Å². The average molecular weight is 775 g/mol. The van der Waals surface area contributed by atoms with Gasteiger partial charge < -0.3 is 13.6 Å². The van der Waals surface area contributed by atoms with Crippen LogP contribution >= 0.6 is 0 Å². The zero-order valence-corrected chi connectivity index (χ0v) is 32.9. The maximum atomic E-state index is 6.83. The Labute approximate surface area is 349 Å². The number of furan rings is 1. The van der Waals surface area contributed by atoms with Crippen molar-refractivity contribution in [3.05, 3.63) is 206 Å². The maximum absolute atomic E-state index is 6.83. The van der Waals surface area contributed by atoms with Gasteiger partial charge in [-0.25, -0.2) is 0 Å². The molecule has 0 aliphatic heterocycles. The molecule has 3 aromatic heterocycles. The first-order valence-electron chi connectivity index (χ1n) is 21.0. The van der Waals surface area contributed by atoms with Crippen LogP contribution in [0, 0.1) is 0 Å². The summed E-state index contributed by atoms with van der Waals surface area (Å²) < 4.78 is 11.8. The number of nitrogens with zero attached hydrogens (tertiary/aromatic N) is 2. The molecule has 3 nitrogen and oxygen atoms in total. The van der Waals surface area contributed by atoms with Gasteiger partial charge in [0.05, 0.1) is 33.1 Å². The molecule has 11 aromatic carbocycles. The standard InChI is InChI=1S/C58H34N2O/c1-2-17-39-35(13-1)14-12-25-50(39)60-51-24-9-7-23-47(51)55-52(60)32-30-48-56-53(31-29-46-45-22-8-10-26-54(45)61-58(46)56)59(57(48)55)38-16-11-15-36(33-38)37-27-28-44-42-20-4-3-18-40(42)41-19-5-6-21-43(41)49(44)34-37/h1-34H. The Kier molecular flexibility index (Phi) is 6.56. The Hall–Kier alpha value is -8.14. The number of hydrogen-bond donors (Lipinski definition) is 0. The molecule has 3 heteroatoms. The van der Waals surface area contributed by atoms with Gasteiger partial charge in [0, 0.05) is 38.0 Å². The van der Waals surface area contributed by atoms with Gasteiger partial charge in [-0.15, -0.1) is 0 Å². The van der Waals surface area contributed by atoms with Crippen LogP contribution in [0.15, 0.2) is 211 Å². The molecule has 0 spiro atoms. The quantitative estimate of drug-likeness (QED) is 0.164. The molecule has 0 radical (unpaired) electrons. The molecule has 0 saturated heterocycles. The SMILES string of the molecule is c1cc(-c2ccc3c4ccccc4c4ccccc4c3c2)cc(-n2c3ccc4c5ccccc5oc4c3c3ccc4c(c5ccccc5n4-c4cccc5ccccc45)c32)c1. The number of benzene rings is 11. The number of para-hydroxylation sites is 2. The molecule has 14 aromatic rings. The van der Waals surface area contributed by atoms with E-state index in [9.17, 15) is 0 Å². The number of rotatable bonds is 3. The second kappa shape index (κ2) is 12.2. The molecule has 0 amide bonds. The lowest BCUT2D eigenvalue weighted by molar-refractivity contribution is 0.673. The fourth-order valence-electron chi connectivity index (χ4n) is 10.7. The predicted octanol–water partition coefficient (Wildman–Crippen LogP) is 16.1. The Bertz CT molecular complexity index is 4140. The Balaban J connectivity index is 1.10. The van der Waals surface area contributed by atoms with Crippen molar-refractivity contribution in [1.29, 1.82) is 0 Å². The lowest BCUT2D eigenvalue weighted by atomic mass is 9.92. The fraction of sp³-hybridized carbons (Fsp3) is 0. The van der Waals surface area contributed by atoms with Gasteiger partial charge in [0.2, 0.25) is 0 Å². The van der Waals surface area contributed by atoms with Gasteiger partial charge in [-0.1, -0.05) is 146 Å². The molecule has 0 aliphatic rings. The van der Waals surface area contributed by atoms with Crippen molar-refractivity contribution in [3.63, 3.8) is 0 Å². The summed E-state index contributed by atoms with van der Waals surface area (Å²) >= 11 is 0. The lowest BCUT2D eigenvalue weighted by Crippen LogP contribution is -1.96. The second-order valence-electron chi connectivity index (χ2n) is 16.4. The number of aromatic nitrogens is 2. The lowest BCUT2D eigenvalue weighted by Gasteiger charge is -2.14. The van der Waals surface area contributed by atoms with Gasteiger partial charge in [0.25, 0.3) is 0 Å². The van der Waals surface area contributed by atoms with Crippen LogP contribution in [0.1, 0.15) is 0 Å². The molecule has 3 heterocycles. The normalized spacial score (nSPS) is 12.3. The molecular weight excluding hydrogens is 741 g/mol. The molecule has 0 saturated carbocycles. The third kappa shape index (κ3) is 4.47. The van der Waals surface area contributed by atoms with E-state index in [1.54, 1.807) is 0 Å². The third-order valence-corrected chi connectivity index (χ3v) is 13.3. The van der Waals surface area contributed by atoms with E-state index in [4.69, 9.17) is 4.42 Å². The fourth-order valence-corrected chi connectivity index (χ4v) is 10.7. The molecule has 0 N–H and O–H groups in total. The number of fused-ring (bicyclic) bond motifs is 18. The summed E-state index contributed by atoms with van der Waals surface area (Å²) in [5.41, 5.74) is 11.1. The third-order valence-electron chi connectivity index (χ3n) is 13.3. The van der Waals surface area contributed by atoms with E-state index in [1.165, 1.54) is 92.6 Å². The smallest absolute Gasteiger partial charge is 0.145 e. The zero-order valence-electron chi connectivity index (χ0n) is 32.9. The molecule has 0 bridgehead atoms. The van der Waals surface area contributed by atoms with Crippen molar-refractivity contribution in [2.24, 2.45) is 0 Å². The number of hydrogen-bond acceptors (Lipinski definition) is 1. The summed E-state index contributed by atoms with van der Waals surface area (Å²) in [6, 6.07) is 75.5. The topological polar surface area (TPSA) is 23.0 Å². The van der Waals surface area contributed by atoms with Gasteiger partial charge in [0.1, 0.15) is 11.2 Å². The van der Waals surface area contributed by atoms with Gasteiger partial charge in [-0.05, 0) is 109 Å². The van der Waals surface area contributed by atoms with E-state index < -0.39 is 0 Å². The first kappa shape index (κ1) is 32.8. The molecule has 61 heavy (non-hydrogen) atoms. The van der Waals surface area contributed by atoms with Crippen LogP contribution in [-0.4, -0.2) is 9.13 Å². The van der Waals surface area contributed by atoms with Crippen molar-refractivity contribution in [1.82, 2.24) is 9.13 Å². The summed E-state index contributed by atoms with van der Waals surface area (Å²) in [6.45, 7) is 0. The summed E-state index contributed by atoms with van der Waals surface area (Å²) in [7, 11) is 0. The first-order valence-corrected chi connectivity index (χ1v) is 21.0.